The average molecular weight is 614 g/mol. The van der Waals surface area contributed by atoms with E-state index in [4.69, 9.17) is 14.0 Å². The van der Waals surface area contributed by atoms with Crippen LogP contribution in [0, 0.1) is 0 Å². The van der Waals surface area contributed by atoms with E-state index >= 15 is 0 Å². The molecular weight excluding hydrogens is 583 g/mol. The minimum Gasteiger partial charge on any atom is -0.461 e. The summed E-state index contributed by atoms with van der Waals surface area (Å²) in [6.07, 6.45) is 0.851. The summed E-state index contributed by atoms with van der Waals surface area (Å²) in [5.41, 5.74) is 4.40. The maximum atomic E-state index is 13.1. The fraction of sp³-hybridized carbons (Fsp3) is 0.452. The van der Waals surface area contributed by atoms with Crippen LogP contribution in [0.4, 0.5) is 13.2 Å². The Bertz CT molecular complexity index is 1600. The summed E-state index contributed by atoms with van der Waals surface area (Å²) in [5.74, 6) is 0.246. The van der Waals surface area contributed by atoms with Crippen LogP contribution >= 0.6 is 11.3 Å². The van der Waals surface area contributed by atoms with Crippen molar-refractivity contribution in [1.29, 1.82) is 0 Å². The third-order valence-electron chi connectivity index (χ3n) is 8.59. The van der Waals surface area contributed by atoms with E-state index in [1.54, 1.807) is 23.7 Å². The van der Waals surface area contributed by atoms with Gasteiger partial charge in [0.05, 0.1) is 34.0 Å². The molecule has 4 aromatic rings. The molecule has 2 aromatic carbocycles. The lowest BCUT2D eigenvalue weighted by Crippen LogP contribution is -2.46. The molecule has 2 aromatic heterocycles. The molecule has 8 nitrogen and oxygen atoms in total. The zero-order valence-electron chi connectivity index (χ0n) is 23.2. The van der Waals surface area contributed by atoms with Crippen LogP contribution in [0.5, 0.6) is 5.75 Å². The predicted molar refractivity (Wildman–Crippen MR) is 152 cm³/mol. The normalized spacial score (nSPS) is 22.3. The lowest BCUT2D eigenvalue weighted by atomic mass is 9.99. The first-order valence-electron chi connectivity index (χ1n) is 14.5. The van der Waals surface area contributed by atoms with Crippen molar-refractivity contribution in [2.45, 2.75) is 75.6 Å². The lowest BCUT2D eigenvalue weighted by molar-refractivity contribution is -0.274. The van der Waals surface area contributed by atoms with E-state index in [1.165, 1.54) is 23.5 Å². The van der Waals surface area contributed by atoms with E-state index in [1.807, 2.05) is 12.1 Å². The zero-order chi connectivity index (χ0) is 29.6. The molecule has 2 unspecified atom stereocenters. The maximum Gasteiger partial charge on any atom is 0.573 e. The van der Waals surface area contributed by atoms with E-state index in [-0.39, 0.29) is 35.9 Å². The molecule has 3 aliphatic rings. The Morgan fingerprint density at radius 1 is 1.07 bits per heavy atom. The van der Waals surface area contributed by atoms with E-state index in [0.717, 1.165) is 48.7 Å². The molecule has 12 heteroatoms. The summed E-state index contributed by atoms with van der Waals surface area (Å²) in [7, 11) is 0. The van der Waals surface area contributed by atoms with Gasteiger partial charge in [-0.1, -0.05) is 17.3 Å². The smallest absolute Gasteiger partial charge is 0.461 e. The Balaban J connectivity index is 0.975. The number of carbonyl (C=O) groups excluding carboxylic acids is 1. The van der Waals surface area contributed by atoms with Crippen LogP contribution in [-0.4, -0.2) is 58.7 Å². The Kier molecular flexibility index (Phi) is 7.60. The van der Waals surface area contributed by atoms with Crippen LogP contribution in [0.15, 0.2) is 52.5 Å². The highest BCUT2D eigenvalue weighted by molar-refractivity contribution is 7.16. The van der Waals surface area contributed by atoms with Crippen molar-refractivity contribution in [3.8, 4) is 17.0 Å². The van der Waals surface area contributed by atoms with Crippen molar-refractivity contribution in [3.63, 3.8) is 0 Å². The number of aromatic nitrogens is 2. The van der Waals surface area contributed by atoms with Gasteiger partial charge in [0.1, 0.15) is 23.8 Å². The van der Waals surface area contributed by atoms with Gasteiger partial charge in [-0.05, 0) is 68.9 Å². The van der Waals surface area contributed by atoms with Gasteiger partial charge in [-0.15, -0.1) is 24.5 Å². The molecule has 226 valence electrons. The Morgan fingerprint density at radius 3 is 2.63 bits per heavy atom. The first-order valence-corrected chi connectivity index (χ1v) is 15.4. The molecule has 43 heavy (non-hydrogen) atoms. The van der Waals surface area contributed by atoms with Crippen LogP contribution in [0.1, 0.15) is 66.1 Å². The summed E-state index contributed by atoms with van der Waals surface area (Å²) in [5, 5.41) is 4.18. The lowest BCUT2D eigenvalue weighted by Gasteiger charge is -2.38. The molecule has 0 amide bonds. The number of halogens is 3. The second kappa shape index (κ2) is 11.5. The Morgan fingerprint density at radius 2 is 1.86 bits per heavy atom. The standard InChI is InChI=1S/C31H30F3N3O5S/c32-31(33,34)41-26-4-2-1-3-23(26)28-24(29(42-36-28)18-5-6-18)16-40-22-14-20-8-9-21(15-22)37(20)11-12-39-30(38)19-7-10-25-27(13-19)43-17-35-25/h1-4,7,10,13,17-18,20-22H,5-6,8-9,11-12,14-16H2. The third kappa shape index (κ3) is 6.13. The third-order valence-corrected chi connectivity index (χ3v) is 9.38. The highest BCUT2D eigenvalue weighted by atomic mass is 32.1. The van der Waals surface area contributed by atoms with Gasteiger partial charge in [-0.2, -0.15) is 0 Å². The highest BCUT2D eigenvalue weighted by Crippen LogP contribution is 2.46. The van der Waals surface area contributed by atoms with Crippen LogP contribution < -0.4 is 4.74 Å². The van der Waals surface area contributed by atoms with Crippen molar-refractivity contribution in [1.82, 2.24) is 15.0 Å². The predicted octanol–water partition coefficient (Wildman–Crippen LogP) is 7.10. The number of para-hydroxylation sites is 1. The minimum atomic E-state index is -4.82. The van der Waals surface area contributed by atoms with Gasteiger partial charge in [0.15, 0.2) is 0 Å². The van der Waals surface area contributed by atoms with Gasteiger partial charge in [0.2, 0.25) is 0 Å². The molecule has 2 aliphatic heterocycles. The van der Waals surface area contributed by atoms with Crippen molar-refractivity contribution in [2.75, 3.05) is 13.2 Å². The number of rotatable bonds is 10. The number of thiazole rings is 1. The minimum absolute atomic E-state index is 0.00101. The van der Waals surface area contributed by atoms with Gasteiger partial charge in [-0.3, -0.25) is 4.90 Å². The van der Waals surface area contributed by atoms with Gasteiger partial charge < -0.3 is 18.7 Å². The second-order valence-electron chi connectivity index (χ2n) is 11.4. The molecule has 0 N–H and O–H groups in total. The van der Waals surface area contributed by atoms with Crippen molar-refractivity contribution in [3.05, 3.63) is 64.9 Å². The maximum absolute atomic E-state index is 13.1. The highest BCUT2D eigenvalue weighted by Gasteiger charge is 2.42. The molecule has 2 saturated heterocycles. The molecule has 1 saturated carbocycles. The number of hydrogen-bond acceptors (Lipinski definition) is 9. The van der Waals surface area contributed by atoms with E-state index in [9.17, 15) is 18.0 Å². The van der Waals surface area contributed by atoms with Crippen LogP contribution in [-0.2, 0) is 16.1 Å². The number of alkyl halides is 3. The van der Waals surface area contributed by atoms with E-state index in [0.29, 0.717) is 47.8 Å². The number of hydrogen-bond donors (Lipinski definition) is 0. The van der Waals surface area contributed by atoms with E-state index < -0.39 is 6.36 Å². The van der Waals surface area contributed by atoms with Crippen molar-refractivity contribution in [2.24, 2.45) is 0 Å². The molecule has 1 aliphatic carbocycles. The summed E-state index contributed by atoms with van der Waals surface area (Å²) in [4.78, 5) is 19.3. The second-order valence-corrected chi connectivity index (χ2v) is 12.3. The molecule has 3 fully saturated rings. The first-order chi connectivity index (χ1) is 20.8. The van der Waals surface area contributed by atoms with Crippen LogP contribution in [0.25, 0.3) is 21.5 Å². The molecule has 2 atom stereocenters. The quantitative estimate of drug-likeness (QED) is 0.175. The molecule has 0 radical (unpaired) electrons. The SMILES string of the molecule is O=C(OCCN1C2CCC1CC(OCc1c(-c3ccccc3OC(F)(F)F)noc1C1CC1)C2)c1ccc2ncsc2c1. The number of benzene rings is 2. The van der Waals surface area contributed by atoms with Crippen LogP contribution in [0.2, 0.25) is 0 Å². The molecule has 4 heterocycles. The molecule has 0 spiro atoms. The topological polar surface area (TPSA) is 86.9 Å². The molecule has 2 bridgehead atoms. The molecular formula is C31H30F3N3O5S. The average Bonchev–Trinajstić information content (AvgIpc) is 3.48. The number of ether oxygens (including phenoxy) is 3. The monoisotopic (exact) mass is 613 g/mol. The van der Waals surface area contributed by atoms with Gasteiger partial charge in [0, 0.05) is 35.7 Å². The zero-order valence-corrected chi connectivity index (χ0v) is 24.0. The Labute approximate surface area is 249 Å². The first kappa shape index (κ1) is 28.3. The number of piperidine rings is 1. The molecule has 7 rings (SSSR count). The van der Waals surface area contributed by atoms with Gasteiger partial charge in [-0.25, -0.2) is 9.78 Å². The summed E-state index contributed by atoms with van der Waals surface area (Å²) in [6.45, 7) is 1.18. The summed E-state index contributed by atoms with van der Waals surface area (Å²) >= 11 is 1.49. The van der Waals surface area contributed by atoms with Gasteiger partial charge >= 0.3 is 12.3 Å². The summed E-state index contributed by atoms with van der Waals surface area (Å²) < 4.78 is 62.2. The number of fused-ring (bicyclic) bond motifs is 3. The van der Waals surface area contributed by atoms with Crippen molar-refractivity contribution >= 4 is 27.5 Å². The fourth-order valence-electron chi connectivity index (χ4n) is 6.45. The number of carbonyl (C=O) groups is 1. The van der Waals surface area contributed by atoms with E-state index in [2.05, 4.69) is 19.8 Å². The number of esters is 1. The summed E-state index contributed by atoms with van der Waals surface area (Å²) in [6, 6.07) is 12.0. The van der Waals surface area contributed by atoms with Crippen LogP contribution in [0.3, 0.4) is 0 Å². The van der Waals surface area contributed by atoms with Gasteiger partial charge in [0.25, 0.3) is 0 Å². The fourth-order valence-corrected chi connectivity index (χ4v) is 7.17. The largest absolute Gasteiger partial charge is 0.573 e. The number of nitrogens with zero attached hydrogens (tertiary/aromatic N) is 3. The Hall–Kier alpha value is -3.48. The van der Waals surface area contributed by atoms with Crippen molar-refractivity contribution < 1.29 is 36.7 Å².